The van der Waals surface area contributed by atoms with Crippen molar-refractivity contribution in [2.24, 2.45) is 0 Å². The minimum Gasteiger partial charge on any atom is -0.508 e. The lowest BCUT2D eigenvalue weighted by atomic mass is 10.2. The highest BCUT2D eigenvalue weighted by Gasteiger charge is 2.29. The number of aromatic hydroxyl groups is 1. The van der Waals surface area contributed by atoms with Gasteiger partial charge in [-0.1, -0.05) is 42.1 Å². The van der Waals surface area contributed by atoms with E-state index in [1.54, 1.807) is 17.8 Å². The summed E-state index contributed by atoms with van der Waals surface area (Å²) in [5.74, 6) is 0.365. The van der Waals surface area contributed by atoms with Crippen molar-refractivity contribution in [3.8, 4) is 5.75 Å². The van der Waals surface area contributed by atoms with Crippen LogP contribution in [-0.2, 0) is 0 Å². The third kappa shape index (κ3) is 1.67. The molecular weight excluding hydrogens is 230 g/mol. The van der Waals surface area contributed by atoms with E-state index in [2.05, 4.69) is 24.1 Å². The Hall–Kier alpha value is -1.61. The Balaban J connectivity index is 2.02. The molecule has 0 spiro atoms. The molecule has 0 amide bonds. The molecular formula is C14H13NOS. The number of hydrogen-bond acceptors (Lipinski definition) is 3. The molecule has 0 aromatic heterocycles. The van der Waals surface area contributed by atoms with Crippen molar-refractivity contribution in [3.05, 3.63) is 54.1 Å². The maximum absolute atomic E-state index is 9.93. The average molecular weight is 243 g/mol. The van der Waals surface area contributed by atoms with Gasteiger partial charge in [0.1, 0.15) is 11.1 Å². The molecule has 86 valence electrons. The second-order valence-electron chi connectivity index (χ2n) is 4.11. The first kappa shape index (κ1) is 10.5. The van der Waals surface area contributed by atoms with Crippen LogP contribution >= 0.6 is 11.8 Å². The summed E-state index contributed by atoms with van der Waals surface area (Å²) in [6.07, 6.45) is 0. The van der Waals surface area contributed by atoms with E-state index in [0.29, 0.717) is 5.75 Å². The lowest BCUT2D eigenvalue weighted by molar-refractivity contribution is 0.467. The lowest BCUT2D eigenvalue weighted by Crippen LogP contribution is -2.17. The first-order chi connectivity index (χ1) is 8.27. The van der Waals surface area contributed by atoms with Crippen LogP contribution in [0.1, 0.15) is 10.9 Å². The number of benzene rings is 2. The van der Waals surface area contributed by atoms with E-state index in [1.807, 2.05) is 30.3 Å². The summed E-state index contributed by atoms with van der Waals surface area (Å²) < 4.78 is 0. The van der Waals surface area contributed by atoms with Gasteiger partial charge in [-0.15, -0.1) is 0 Å². The normalized spacial score (nSPS) is 18.2. The van der Waals surface area contributed by atoms with Crippen LogP contribution < -0.4 is 4.90 Å². The van der Waals surface area contributed by atoms with E-state index >= 15 is 0 Å². The molecule has 1 unspecified atom stereocenters. The van der Waals surface area contributed by atoms with E-state index in [0.717, 1.165) is 5.56 Å². The molecule has 3 heteroatoms. The standard InChI is InChI=1S/C14H13NOS/c1-15-11-7-3-5-9-13(11)17-14(15)10-6-2-4-8-12(10)16/h2-9,14,16H,1H3. The second-order valence-corrected chi connectivity index (χ2v) is 5.23. The Kier molecular flexibility index (Phi) is 2.48. The third-order valence-corrected chi connectivity index (χ3v) is 4.43. The van der Waals surface area contributed by atoms with E-state index in [4.69, 9.17) is 0 Å². The fraction of sp³-hybridized carbons (Fsp3) is 0.143. The number of anilines is 1. The SMILES string of the molecule is CN1c2ccccc2SC1c1ccccc1O. The molecule has 1 aliphatic rings. The van der Waals surface area contributed by atoms with Crippen LogP contribution in [0.3, 0.4) is 0 Å². The number of phenols is 1. The van der Waals surface area contributed by atoms with Crippen LogP contribution in [0, 0.1) is 0 Å². The second kappa shape index (κ2) is 4.00. The van der Waals surface area contributed by atoms with Crippen molar-refractivity contribution in [1.29, 1.82) is 0 Å². The lowest BCUT2D eigenvalue weighted by Gasteiger charge is -2.22. The van der Waals surface area contributed by atoms with Gasteiger partial charge in [-0.3, -0.25) is 0 Å². The topological polar surface area (TPSA) is 23.5 Å². The van der Waals surface area contributed by atoms with Crippen LogP contribution in [0.4, 0.5) is 5.69 Å². The first-order valence-electron chi connectivity index (χ1n) is 5.54. The molecule has 0 fully saturated rings. The molecule has 1 atom stereocenters. The zero-order valence-corrected chi connectivity index (χ0v) is 10.3. The molecule has 2 aromatic carbocycles. The molecule has 1 aliphatic heterocycles. The number of nitrogens with zero attached hydrogens (tertiary/aromatic N) is 1. The summed E-state index contributed by atoms with van der Waals surface area (Å²) >= 11 is 1.78. The largest absolute Gasteiger partial charge is 0.508 e. The third-order valence-electron chi connectivity index (χ3n) is 3.04. The molecule has 0 radical (unpaired) electrons. The highest BCUT2D eigenvalue weighted by atomic mass is 32.2. The number of para-hydroxylation sites is 2. The Labute approximate surface area is 105 Å². The van der Waals surface area contributed by atoms with E-state index < -0.39 is 0 Å². The van der Waals surface area contributed by atoms with Crippen LogP contribution in [0.5, 0.6) is 5.75 Å². The van der Waals surface area contributed by atoms with Crippen LogP contribution in [0.15, 0.2) is 53.4 Å². The molecule has 0 saturated carbocycles. The summed E-state index contributed by atoms with van der Waals surface area (Å²) in [6.45, 7) is 0. The number of fused-ring (bicyclic) bond motifs is 1. The molecule has 2 aromatic rings. The zero-order valence-electron chi connectivity index (χ0n) is 9.50. The van der Waals surface area contributed by atoms with Crippen LogP contribution in [0.25, 0.3) is 0 Å². The van der Waals surface area contributed by atoms with Crippen molar-refractivity contribution < 1.29 is 5.11 Å². The van der Waals surface area contributed by atoms with E-state index in [-0.39, 0.29) is 5.37 Å². The highest BCUT2D eigenvalue weighted by molar-refractivity contribution is 8.00. The fourth-order valence-corrected chi connectivity index (χ4v) is 3.47. The quantitative estimate of drug-likeness (QED) is 0.827. The molecule has 0 aliphatic carbocycles. The summed E-state index contributed by atoms with van der Waals surface area (Å²) in [6, 6.07) is 15.9. The van der Waals surface area contributed by atoms with Gasteiger partial charge in [-0.05, 0) is 18.2 Å². The predicted octanol–water partition coefficient (Wildman–Crippen LogP) is 3.63. The predicted molar refractivity (Wildman–Crippen MR) is 71.5 cm³/mol. The summed E-state index contributed by atoms with van der Waals surface area (Å²) in [4.78, 5) is 3.47. The first-order valence-corrected chi connectivity index (χ1v) is 6.42. The van der Waals surface area contributed by atoms with Gasteiger partial charge in [0.25, 0.3) is 0 Å². The Morgan fingerprint density at radius 3 is 2.53 bits per heavy atom. The molecule has 1 N–H and O–H groups in total. The summed E-state index contributed by atoms with van der Waals surface area (Å²) in [7, 11) is 2.07. The van der Waals surface area contributed by atoms with Crippen molar-refractivity contribution in [3.63, 3.8) is 0 Å². The van der Waals surface area contributed by atoms with Gasteiger partial charge in [0, 0.05) is 17.5 Å². The van der Waals surface area contributed by atoms with Gasteiger partial charge in [-0.2, -0.15) is 0 Å². The summed E-state index contributed by atoms with van der Waals surface area (Å²) in [5.41, 5.74) is 2.20. The van der Waals surface area contributed by atoms with Crippen LogP contribution in [0.2, 0.25) is 0 Å². The maximum Gasteiger partial charge on any atom is 0.121 e. The van der Waals surface area contributed by atoms with Gasteiger partial charge >= 0.3 is 0 Å². The van der Waals surface area contributed by atoms with Gasteiger partial charge in [-0.25, -0.2) is 0 Å². The number of hydrogen-bond donors (Lipinski definition) is 1. The smallest absolute Gasteiger partial charge is 0.121 e. The average Bonchev–Trinajstić information content (AvgIpc) is 2.68. The van der Waals surface area contributed by atoms with E-state index in [9.17, 15) is 5.11 Å². The van der Waals surface area contributed by atoms with Crippen molar-refractivity contribution in [2.45, 2.75) is 10.3 Å². The minimum atomic E-state index is 0.161. The van der Waals surface area contributed by atoms with Gasteiger partial charge in [0.2, 0.25) is 0 Å². The fourth-order valence-electron chi connectivity index (χ4n) is 2.14. The molecule has 17 heavy (non-hydrogen) atoms. The van der Waals surface area contributed by atoms with Crippen LogP contribution in [-0.4, -0.2) is 12.2 Å². The minimum absolute atomic E-state index is 0.161. The van der Waals surface area contributed by atoms with Crippen molar-refractivity contribution in [1.82, 2.24) is 0 Å². The maximum atomic E-state index is 9.93. The van der Waals surface area contributed by atoms with E-state index in [1.165, 1.54) is 10.6 Å². The summed E-state index contributed by atoms with van der Waals surface area (Å²) in [5, 5.41) is 10.1. The molecule has 0 bridgehead atoms. The molecule has 3 rings (SSSR count). The van der Waals surface area contributed by atoms with Crippen molar-refractivity contribution in [2.75, 3.05) is 11.9 Å². The number of phenolic OH excluding ortho intramolecular Hbond substituents is 1. The Morgan fingerprint density at radius 1 is 1.06 bits per heavy atom. The number of rotatable bonds is 1. The monoisotopic (exact) mass is 243 g/mol. The van der Waals surface area contributed by atoms with Gasteiger partial charge in [0.15, 0.2) is 0 Å². The molecule has 1 heterocycles. The Morgan fingerprint density at radius 2 is 1.76 bits per heavy atom. The van der Waals surface area contributed by atoms with Gasteiger partial charge < -0.3 is 10.0 Å². The number of thioether (sulfide) groups is 1. The van der Waals surface area contributed by atoms with Crippen molar-refractivity contribution >= 4 is 17.4 Å². The van der Waals surface area contributed by atoms with Gasteiger partial charge in [0.05, 0.1) is 5.69 Å². The highest BCUT2D eigenvalue weighted by Crippen LogP contribution is 2.51. The molecule has 2 nitrogen and oxygen atoms in total. The zero-order chi connectivity index (χ0) is 11.8. The molecule has 0 saturated heterocycles. The Bertz CT molecular complexity index is 555.